The molecule has 106 valence electrons. The van der Waals surface area contributed by atoms with Crippen LogP contribution in [0.3, 0.4) is 0 Å². The van der Waals surface area contributed by atoms with Crippen LogP contribution in [0.25, 0.3) is 10.8 Å². The van der Waals surface area contributed by atoms with E-state index in [9.17, 15) is 4.79 Å². The van der Waals surface area contributed by atoms with Gasteiger partial charge < -0.3 is 15.4 Å². The number of anilines is 1. The number of ether oxygens (including phenoxy) is 1. The molecule has 0 atom stereocenters. The average Bonchev–Trinajstić information content (AvgIpc) is 2.46. The van der Waals surface area contributed by atoms with Crippen LogP contribution in [0, 0.1) is 0 Å². The van der Waals surface area contributed by atoms with Crippen LogP contribution in [0.1, 0.15) is 13.3 Å². The van der Waals surface area contributed by atoms with Gasteiger partial charge in [-0.05, 0) is 48.0 Å². The molecular weight excluding hydrogens is 252 g/mol. The third kappa shape index (κ3) is 3.08. The highest BCUT2D eigenvalue weighted by Gasteiger charge is 2.11. The molecule has 0 aliphatic carbocycles. The first-order valence-electron chi connectivity index (χ1n) is 6.71. The Morgan fingerprint density at radius 1 is 1.20 bits per heavy atom. The van der Waals surface area contributed by atoms with Crippen molar-refractivity contribution in [2.45, 2.75) is 13.3 Å². The maximum Gasteiger partial charge on any atom is 0.223 e. The predicted octanol–water partition coefficient (Wildman–Crippen LogP) is 2.55. The van der Waals surface area contributed by atoms with Gasteiger partial charge >= 0.3 is 0 Å². The second-order valence-electron chi connectivity index (χ2n) is 4.71. The SMILES string of the molecule is COc1ccc2cc(N(CCCN)C(C)=O)ccc2c1. The molecule has 0 spiro atoms. The molecule has 0 heterocycles. The second kappa shape index (κ2) is 6.39. The van der Waals surface area contributed by atoms with E-state index in [0.717, 1.165) is 28.6 Å². The molecule has 1 amide bonds. The van der Waals surface area contributed by atoms with Gasteiger partial charge in [-0.2, -0.15) is 0 Å². The molecule has 2 N–H and O–H groups in total. The third-order valence-electron chi connectivity index (χ3n) is 3.31. The summed E-state index contributed by atoms with van der Waals surface area (Å²) in [4.78, 5) is 13.5. The van der Waals surface area contributed by atoms with E-state index in [1.807, 2.05) is 36.4 Å². The Labute approximate surface area is 119 Å². The molecule has 0 aliphatic rings. The first-order chi connectivity index (χ1) is 9.65. The van der Waals surface area contributed by atoms with Gasteiger partial charge in [0.05, 0.1) is 7.11 Å². The topological polar surface area (TPSA) is 55.6 Å². The fourth-order valence-corrected chi connectivity index (χ4v) is 2.22. The molecule has 0 aliphatic heterocycles. The summed E-state index contributed by atoms with van der Waals surface area (Å²) < 4.78 is 5.21. The molecule has 20 heavy (non-hydrogen) atoms. The zero-order valence-corrected chi connectivity index (χ0v) is 11.9. The van der Waals surface area contributed by atoms with Gasteiger partial charge in [-0.15, -0.1) is 0 Å². The van der Waals surface area contributed by atoms with Gasteiger partial charge in [0.15, 0.2) is 0 Å². The number of methoxy groups -OCH3 is 1. The van der Waals surface area contributed by atoms with E-state index in [1.165, 1.54) is 0 Å². The summed E-state index contributed by atoms with van der Waals surface area (Å²) in [6, 6.07) is 11.9. The smallest absolute Gasteiger partial charge is 0.223 e. The van der Waals surface area contributed by atoms with Crippen LogP contribution in [0.2, 0.25) is 0 Å². The van der Waals surface area contributed by atoms with Gasteiger partial charge in [0.2, 0.25) is 5.91 Å². The lowest BCUT2D eigenvalue weighted by molar-refractivity contribution is -0.116. The number of fused-ring (bicyclic) bond motifs is 1. The summed E-state index contributed by atoms with van der Waals surface area (Å²) in [7, 11) is 1.65. The van der Waals surface area contributed by atoms with Gasteiger partial charge in [0.1, 0.15) is 5.75 Å². The van der Waals surface area contributed by atoms with Crippen LogP contribution in [0.15, 0.2) is 36.4 Å². The van der Waals surface area contributed by atoms with Crippen molar-refractivity contribution >= 4 is 22.4 Å². The normalized spacial score (nSPS) is 10.6. The summed E-state index contributed by atoms with van der Waals surface area (Å²) in [5.41, 5.74) is 6.43. The molecule has 0 fully saturated rings. The first kappa shape index (κ1) is 14.3. The highest BCUT2D eigenvalue weighted by molar-refractivity contribution is 5.95. The fourth-order valence-electron chi connectivity index (χ4n) is 2.22. The molecule has 0 saturated heterocycles. The Kier molecular flexibility index (Phi) is 4.58. The van der Waals surface area contributed by atoms with Crippen molar-refractivity contribution in [1.82, 2.24) is 0 Å². The Morgan fingerprint density at radius 2 is 1.90 bits per heavy atom. The van der Waals surface area contributed by atoms with E-state index in [0.29, 0.717) is 13.1 Å². The van der Waals surface area contributed by atoms with E-state index < -0.39 is 0 Å². The average molecular weight is 272 g/mol. The number of hydrogen-bond acceptors (Lipinski definition) is 3. The van der Waals surface area contributed by atoms with Gasteiger partial charge in [-0.1, -0.05) is 12.1 Å². The molecule has 0 radical (unpaired) electrons. The van der Waals surface area contributed by atoms with Gasteiger partial charge in [-0.25, -0.2) is 0 Å². The number of carbonyl (C=O) groups is 1. The van der Waals surface area contributed by atoms with Crippen molar-refractivity contribution in [3.05, 3.63) is 36.4 Å². The summed E-state index contributed by atoms with van der Waals surface area (Å²) in [6.07, 6.45) is 0.792. The van der Waals surface area contributed by atoms with Crippen LogP contribution < -0.4 is 15.4 Å². The molecule has 2 rings (SSSR count). The molecule has 0 unspecified atom stereocenters. The van der Waals surface area contributed by atoms with E-state index in [1.54, 1.807) is 18.9 Å². The fraction of sp³-hybridized carbons (Fsp3) is 0.312. The minimum atomic E-state index is 0.0336. The summed E-state index contributed by atoms with van der Waals surface area (Å²) in [5, 5.41) is 2.18. The molecule has 2 aromatic rings. The minimum Gasteiger partial charge on any atom is -0.497 e. The Hall–Kier alpha value is -2.07. The lowest BCUT2D eigenvalue weighted by Gasteiger charge is -2.21. The summed E-state index contributed by atoms with van der Waals surface area (Å²) >= 11 is 0. The summed E-state index contributed by atoms with van der Waals surface area (Å²) in [6.45, 7) is 2.80. The summed E-state index contributed by atoms with van der Waals surface area (Å²) in [5.74, 6) is 0.864. The number of benzene rings is 2. The van der Waals surface area contributed by atoms with E-state index >= 15 is 0 Å². The molecular formula is C16H20N2O2. The van der Waals surface area contributed by atoms with Crippen molar-refractivity contribution in [2.75, 3.05) is 25.1 Å². The van der Waals surface area contributed by atoms with E-state index in [2.05, 4.69) is 0 Å². The lowest BCUT2D eigenvalue weighted by atomic mass is 10.1. The van der Waals surface area contributed by atoms with Crippen LogP contribution in [0.4, 0.5) is 5.69 Å². The van der Waals surface area contributed by atoms with Crippen molar-refractivity contribution in [2.24, 2.45) is 5.73 Å². The van der Waals surface area contributed by atoms with Crippen molar-refractivity contribution in [1.29, 1.82) is 0 Å². The lowest BCUT2D eigenvalue weighted by Crippen LogP contribution is -2.30. The molecule has 0 aromatic heterocycles. The van der Waals surface area contributed by atoms with Gasteiger partial charge in [0, 0.05) is 19.2 Å². The molecule has 0 bridgehead atoms. The first-order valence-corrected chi connectivity index (χ1v) is 6.71. The molecule has 4 nitrogen and oxygen atoms in total. The zero-order valence-electron chi connectivity index (χ0n) is 11.9. The van der Waals surface area contributed by atoms with E-state index in [4.69, 9.17) is 10.5 Å². The minimum absolute atomic E-state index is 0.0336. The van der Waals surface area contributed by atoms with Crippen LogP contribution >= 0.6 is 0 Å². The maximum atomic E-state index is 11.8. The van der Waals surface area contributed by atoms with Crippen molar-refractivity contribution < 1.29 is 9.53 Å². The largest absolute Gasteiger partial charge is 0.497 e. The Morgan fingerprint density at radius 3 is 2.55 bits per heavy atom. The Balaban J connectivity index is 2.36. The number of nitrogens with two attached hydrogens (primary N) is 1. The van der Waals surface area contributed by atoms with Crippen LogP contribution in [-0.4, -0.2) is 26.1 Å². The highest BCUT2D eigenvalue weighted by Crippen LogP contribution is 2.25. The third-order valence-corrected chi connectivity index (χ3v) is 3.31. The predicted molar refractivity (Wildman–Crippen MR) is 82.2 cm³/mol. The van der Waals surface area contributed by atoms with Crippen LogP contribution in [-0.2, 0) is 4.79 Å². The van der Waals surface area contributed by atoms with Crippen molar-refractivity contribution in [3.63, 3.8) is 0 Å². The number of hydrogen-bond donors (Lipinski definition) is 1. The van der Waals surface area contributed by atoms with E-state index in [-0.39, 0.29) is 5.91 Å². The maximum absolute atomic E-state index is 11.8. The number of amides is 1. The monoisotopic (exact) mass is 272 g/mol. The number of rotatable bonds is 5. The highest BCUT2D eigenvalue weighted by atomic mass is 16.5. The molecule has 0 saturated carbocycles. The second-order valence-corrected chi connectivity index (χ2v) is 4.71. The van der Waals surface area contributed by atoms with Gasteiger partial charge in [0.25, 0.3) is 0 Å². The van der Waals surface area contributed by atoms with Crippen molar-refractivity contribution in [3.8, 4) is 5.75 Å². The van der Waals surface area contributed by atoms with Crippen LogP contribution in [0.5, 0.6) is 5.75 Å². The number of carbonyl (C=O) groups excluding carboxylic acids is 1. The van der Waals surface area contributed by atoms with Gasteiger partial charge in [-0.3, -0.25) is 4.79 Å². The zero-order chi connectivity index (χ0) is 14.5. The number of nitrogens with zero attached hydrogens (tertiary/aromatic N) is 1. The Bertz CT molecular complexity index is 610. The quantitative estimate of drug-likeness (QED) is 0.910. The molecule has 4 heteroatoms. The molecule has 2 aromatic carbocycles. The standard InChI is InChI=1S/C16H20N2O2/c1-12(19)18(9-3-8-17)15-6-4-14-11-16(20-2)7-5-13(14)10-15/h4-7,10-11H,3,8-9,17H2,1-2H3.